The molecule has 0 aliphatic carbocycles. The molecule has 0 spiro atoms. The third-order valence-corrected chi connectivity index (χ3v) is 6.66. The molecule has 0 aliphatic heterocycles. The predicted molar refractivity (Wildman–Crippen MR) is 121 cm³/mol. The molecule has 0 unspecified atom stereocenters. The van der Waals surface area contributed by atoms with Crippen molar-refractivity contribution >= 4 is 32.3 Å². The number of halogens is 4. The molecule has 0 aliphatic rings. The first-order chi connectivity index (χ1) is 15.9. The summed E-state index contributed by atoms with van der Waals surface area (Å²) < 4.78 is 69.6. The van der Waals surface area contributed by atoms with Crippen LogP contribution in [0, 0.1) is 6.92 Å². The summed E-state index contributed by atoms with van der Waals surface area (Å²) in [5, 5.41) is 10.2. The zero-order valence-corrected chi connectivity index (χ0v) is 19.3. The first kappa shape index (κ1) is 23.8. The monoisotopic (exact) mass is 508 g/mol. The van der Waals surface area contributed by atoms with Crippen molar-refractivity contribution in [3.8, 4) is 28.5 Å². The molecule has 11 heteroatoms. The van der Waals surface area contributed by atoms with Crippen LogP contribution in [0.3, 0.4) is 0 Å². The maximum absolute atomic E-state index is 13.5. The number of aromatic nitrogens is 2. The quantitative estimate of drug-likeness (QED) is 0.354. The number of benzene rings is 2. The largest absolute Gasteiger partial charge is 0.502 e. The van der Waals surface area contributed by atoms with E-state index < -0.39 is 32.3 Å². The molecule has 2 aromatic carbocycles. The van der Waals surface area contributed by atoms with Gasteiger partial charge < -0.3 is 9.84 Å². The van der Waals surface area contributed by atoms with E-state index in [1.165, 1.54) is 12.3 Å². The van der Waals surface area contributed by atoms with Gasteiger partial charge in [-0.15, -0.1) is 0 Å². The number of fused-ring (bicyclic) bond motifs is 1. The summed E-state index contributed by atoms with van der Waals surface area (Å²) >= 11 is 5.97. The molecule has 34 heavy (non-hydrogen) atoms. The summed E-state index contributed by atoms with van der Waals surface area (Å²) in [4.78, 5) is 7.50. The second-order valence-electron chi connectivity index (χ2n) is 7.51. The van der Waals surface area contributed by atoms with Crippen molar-refractivity contribution < 1.29 is 31.4 Å². The van der Waals surface area contributed by atoms with Gasteiger partial charge in [0.2, 0.25) is 0 Å². The third kappa shape index (κ3) is 4.38. The Kier molecular flexibility index (Phi) is 5.91. The fraction of sp³-hybridized carbons (Fsp3) is 0.130. The Morgan fingerprint density at radius 2 is 1.76 bits per heavy atom. The maximum Gasteiger partial charge on any atom is 0.418 e. The summed E-state index contributed by atoms with van der Waals surface area (Å²) in [6.07, 6.45) is -1.30. The molecule has 0 saturated carbocycles. The summed E-state index contributed by atoms with van der Waals surface area (Å²) in [5.74, 6) is -0.791. The maximum atomic E-state index is 13.5. The Bertz CT molecular complexity index is 1540. The van der Waals surface area contributed by atoms with Crippen molar-refractivity contribution in [3.05, 3.63) is 71.0 Å². The predicted octanol–water partition coefficient (Wildman–Crippen LogP) is 6.18. The SMILES string of the molecule is Cc1cnc2c(C(F)(F)F)cccc2c1-c1cccc(Oc2ncc(S(C)(=O)=O)c(Cl)c2O)c1. The standard InChI is InChI=1S/C23H16ClF3N2O4S/c1-12-10-28-20-15(7-4-8-16(20)23(25,26)27)18(12)13-5-3-6-14(9-13)33-22-21(30)19(24)17(11-29-22)34(2,31)32/h3-11,30H,1-2H3. The second kappa shape index (κ2) is 8.44. The number of nitrogens with zero attached hydrogens (tertiary/aromatic N) is 2. The van der Waals surface area contributed by atoms with E-state index in [4.69, 9.17) is 16.3 Å². The lowest BCUT2D eigenvalue weighted by molar-refractivity contribution is -0.136. The topological polar surface area (TPSA) is 89.4 Å². The molecule has 6 nitrogen and oxygen atoms in total. The van der Waals surface area contributed by atoms with Gasteiger partial charge in [-0.1, -0.05) is 35.9 Å². The number of hydrogen-bond acceptors (Lipinski definition) is 6. The van der Waals surface area contributed by atoms with Crippen molar-refractivity contribution in [2.75, 3.05) is 6.26 Å². The number of rotatable bonds is 4. The van der Waals surface area contributed by atoms with E-state index in [2.05, 4.69) is 9.97 Å². The molecular formula is C23H16ClF3N2O4S. The van der Waals surface area contributed by atoms with Crippen LogP contribution in [0.2, 0.25) is 5.02 Å². The van der Waals surface area contributed by atoms with Crippen LogP contribution in [-0.2, 0) is 16.0 Å². The second-order valence-corrected chi connectivity index (χ2v) is 9.87. The van der Waals surface area contributed by atoms with Crippen LogP contribution in [0.15, 0.2) is 59.8 Å². The van der Waals surface area contributed by atoms with Gasteiger partial charge in [0.25, 0.3) is 5.88 Å². The number of sulfone groups is 1. The lowest BCUT2D eigenvalue weighted by Crippen LogP contribution is -2.07. The number of ether oxygens (including phenoxy) is 1. The zero-order valence-electron chi connectivity index (χ0n) is 17.7. The average Bonchev–Trinajstić information content (AvgIpc) is 2.75. The lowest BCUT2D eigenvalue weighted by Gasteiger charge is -2.15. The van der Waals surface area contributed by atoms with Crippen molar-refractivity contribution in [2.45, 2.75) is 18.0 Å². The van der Waals surface area contributed by atoms with E-state index in [1.54, 1.807) is 37.3 Å². The Morgan fingerprint density at radius 1 is 1.06 bits per heavy atom. The highest BCUT2D eigenvalue weighted by Gasteiger charge is 2.33. The van der Waals surface area contributed by atoms with Gasteiger partial charge >= 0.3 is 6.18 Å². The molecule has 0 bridgehead atoms. The molecule has 4 aromatic rings. The third-order valence-electron chi connectivity index (χ3n) is 5.05. The lowest BCUT2D eigenvalue weighted by atomic mass is 9.95. The van der Waals surface area contributed by atoms with Crippen LogP contribution < -0.4 is 4.74 Å². The molecule has 0 saturated heterocycles. The summed E-state index contributed by atoms with van der Waals surface area (Å²) in [5.41, 5.74) is 0.701. The fourth-order valence-electron chi connectivity index (χ4n) is 3.54. The molecule has 2 aromatic heterocycles. The van der Waals surface area contributed by atoms with Crippen LogP contribution in [0.1, 0.15) is 11.1 Å². The van der Waals surface area contributed by atoms with Crippen molar-refractivity contribution in [2.24, 2.45) is 0 Å². The molecule has 176 valence electrons. The molecule has 2 heterocycles. The van der Waals surface area contributed by atoms with Crippen molar-refractivity contribution in [1.29, 1.82) is 0 Å². The first-order valence-electron chi connectivity index (χ1n) is 9.69. The van der Waals surface area contributed by atoms with Crippen LogP contribution in [-0.4, -0.2) is 29.7 Å². The van der Waals surface area contributed by atoms with Gasteiger partial charge in [-0.3, -0.25) is 4.98 Å². The van der Waals surface area contributed by atoms with E-state index in [1.807, 2.05) is 0 Å². The number of aromatic hydroxyl groups is 1. The Morgan fingerprint density at radius 3 is 2.44 bits per heavy atom. The minimum absolute atomic E-state index is 0.177. The molecule has 1 N–H and O–H groups in total. The van der Waals surface area contributed by atoms with Gasteiger partial charge in [0.15, 0.2) is 15.6 Å². The highest BCUT2D eigenvalue weighted by atomic mass is 35.5. The normalized spacial score (nSPS) is 12.2. The highest BCUT2D eigenvalue weighted by molar-refractivity contribution is 7.90. The van der Waals surface area contributed by atoms with Gasteiger partial charge in [-0.2, -0.15) is 13.2 Å². The molecular weight excluding hydrogens is 493 g/mol. The van der Waals surface area contributed by atoms with E-state index in [0.29, 0.717) is 22.1 Å². The fourth-order valence-corrected chi connectivity index (χ4v) is 4.76. The highest BCUT2D eigenvalue weighted by Crippen LogP contribution is 2.41. The number of hydrogen-bond donors (Lipinski definition) is 1. The van der Waals surface area contributed by atoms with E-state index in [9.17, 15) is 26.7 Å². The summed E-state index contributed by atoms with van der Waals surface area (Å²) in [7, 11) is -3.72. The Labute approximate surface area is 197 Å². The van der Waals surface area contributed by atoms with E-state index in [0.717, 1.165) is 18.5 Å². The van der Waals surface area contributed by atoms with Crippen LogP contribution in [0.25, 0.3) is 22.0 Å². The molecule has 0 radical (unpaired) electrons. The van der Waals surface area contributed by atoms with Gasteiger partial charge in [0, 0.05) is 17.8 Å². The van der Waals surface area contributed by atoms with Crippen LogP contribution in [0.5, 0.6) is 17.4 Å². The van der Waals surface area contributed by atoms with Gasteiger partial charge in [-0.05, 0) is 41.8 Å². The Balaban J connectivity index is 1.81. The van der Waals surface area contributed by atoms with Gasteiger partial charge in [0.05, 0.1) is 17.3 Å². The average molecular weight is 509 g/mol. The van der Waals surface area contributed by atoms with Gasteiger partial charge in [0.1, 0.15) is 15.7 Å². The summed E-state index contributed by atoms with van der Waals surface area (Å²) in [6, 6.07) is 10.3. The number of aryl methyl sites for hydroxylation is 1. The smallest absolute Gasteiger partial charge is 0.418 e. The molecule has 0 fully saturated rings. The minimum atomic E-state index is -4.56. The zero-order chi connectivity index (χ0) is 24.8. The van der Waals surface area contributed by atoms with Crippen LogP contribution >= 0.6 is 11.6 Å². The summed E-state index contributed by atoms with van der Waals surface area (Å²) in [6.45, 7) is 1.73. The minimum Gasteiger partial charge on any atom is -0.502 e. The Hall–Kier alpha value is -3.37. The number of pyridine rings is 2. The molecule has 0 amide bonds. The van der Waals surface area contributed by atoms with Crippen molar-refractivity contribution in [3.63, 3.8) is 0 Å². The van der Waals surface area contributed by atoms with E-state index in [-0.39, 0.29) is 22.0 Å². The van der Waals surface area contributed by atoms with E-state index >= 15 is 0 Å². The van der Waals surface area contributed by atoms with Crippen molar-refractivity contribution in [1.82, 2.24) is 9.97 Å². The first-order valence-corrected chi connectivity index (χ1v) is 12.0. The number of alkyl halides is 3. The molecule has 0 atom stereocenters. The number of para-hydroxylation sites is 1. The van der Waals surface area contributed by atoms with Gasteiger partial charge in [-0.25, -0.2) is 13.4 Å². The molecule has 4 rings (SSSR count). The van der Waals surface area contributed by atoms with Crippen LogP contribution in [0.4, 0.5) is 13.2 Å².